The summed E-state index contributed by atoms with van der Waals surface area (Å²) in [6.45, 7) is 5.21. The van der Waals surface area contributed by atoms with Gasteiger partial charge in [0.2, 0.25) is 5.91 Å². The van der Waals surface area contributed by atoms with Gasteiger partial charge >= 0.3 is 11.8 Å². The lowest BCUT2D eigenvalue weighted by Crippen LogP contribution is -2.47. The van der Waals surface area contributed by atoms with Crippen LogP contribution in [-0.2, 0) is 14.4 Å². The molecule has 6 heteroatoms. The SMILES string of the molecule is CCN(C(=O)C(=O)N(C(C)=O)c1cccc(N)c1)c1cccc(C)c1. The molecular weight excluding hydrogens is 318 g/mol. The Bertz CT molecular complexity index is 817. The molecule has 0 aliphatic carbocycles. The van der Waals surface area contributed by atoms with E-state index >= 15 is 0 Å². The lowest BCUT2D eigenvalue weighted by atomic mass is 10.2. The highest BCUT2D eigenvalue weighted by Crippen LogP contribution is 2.21. The first-order valence-corrected chi connectivity index (χ1v) is 7.94. The molecule has 2 rings (SSSR count). The van der Waals surface area contributed by atoms with Crippen LogP contribution >= 0.6 is 0 Å². The molecule has 0 saturated carbocycles. The molecule has 0 saturated heterocycles. The van der Waals surface area contributed by atoms with Gasteiger partial charge in [-0.25, -0.2) is 4.90 Å². The summed E-state index contributed by atoms with van der Waals surface area (Å²) in [6.07, 6.45) is 0. The molecule has 0 unspecified atom stereocenters. The molecule has 0 radical (unpaired) electrons. The van der Waals surface area contributed by atoms with Crippen LogP contribution in [0.1, 0.15) is 19.4 Å². The maximum absolute atomic E-state index is 12.7. The molecule has 0 heterocycles. The van der Waals surface area contributed by atoms with Gasteiger partial charge in [0.25, 0.3) is 0 Å². The molecule has 0 aliphatic heterocycles. The number of carbonyl (C=O) groups excluding carboxylic acids is 3. The Labute approximate surface area is 146 Å². The largest absolute Gasteiger partial charge is 0.399 e. The van der Waals surface area contributed by atoms with Gasteiger partial charge < -0.3 is 10.6 Å². The molecule has 2 N–H and O–H groups in total. The summed E-state index contributed by atoms with van der Waals surface area (Å²) in [7, 11) is 0. The van der Waals surface area contributed by atoms with Crippen molar-refractivity contribution in [3.05, 3.63) is 54.1 Å². The Hall–Kier alpha value is -3.15. The Balaban J connectivity index is 2.37. The maximum Gasteiger partial charge on any atom is 0.323 e. The van der Waals surface area contributed by atoms with E-state index in [4.69, 9.17) is 5.73 Å². The summed E-state index contributed by atoms with van der Waals surface area (Å²) >= 11 is 0. The van der Waals surface area contributed by atoms with Gasteiger partial charge in [0.15, 0.2) is 0 Å². The zero-order valence-corrected chi connectivity index (χ0v) is 14.5. The van der Waals surface area contributed by atoms with Crippen molar-refractivity contribution >= 4 is 34.8 Å². The van der Waals surface area contributed by atoms with Gasteiger partial charge in [0.1, 0.15) is 0 Å². The lowest BCUT2D eigenvalue weighted by molar-refractivity contribution is -0.138. The van der Waals surface area contributed by atoms with E-state index < -0.39 is 17.7 Å². The summed E-state index contributed by atoms with van der Waals surface area (Å²) in [5.74, 6) is -2.24. The first kappa shape index (κ1) is 18.2. The predicted molar refractivity (Wildman–Crippen MR) is 98.2 cm³/mol. The summed E-state index contributed by atoms with van der Waals surface area (Å²) in [5.41, 5.74) is 7.97. The minimum absolute atomic E-state index is 0.270. The Morgan fingerprint density at radius 1 is 0.960 bits per heavy atom. The topological polar surface area (TPSA) is 83.7 Å². The second-order valence-electron chi connectivity index (χ2n) is 5.64. The summed E-state index contributed by atoms with van der Waals surface area (Å²) < 4.78 is 0. The molecule has 0 fully saturated rings. The van der Waals surface area contributed by atoms with E-state index in [1.165, 1.54) is 17.9 Å². The van der Waals surface area contributed by atoms with Crippen molar-refractivity contribution in [3.63, 3.8) is 0 Å². The van der Waals surface area contributed by atoms with Crippen molar-refractivity contribution in [2.24, 2.45) is 0 Å². The van der Waals surface area contributed by atoms with Crippen LogP contribution in [0.15, 0.2) is 48.5 Å². The van der Waals surface area contributed by atoms with Crippen LogP contribution in [0.4, 0.5) is 17.1 Å². The minimum Gasteiger partial charge on any atom is -0.399 e. The number of benzene rings is 2. The third-order valence-corrected chi connectivity index (χ3v) is 3.70. The first-order valence-electron chi connectivity index (χ1n) is 7.94. The van der Waals surface area contributed by atoms with Gasteiger partial charge in [-0.05, 0) is 49.7 Å². The molecule has 0 spiro atoms. The fraction of sp³-hybridized carbons (Fsp3) is 0.211. The molecule has 3 amide bonds. The van der Waals surface area contributed by atoms with E-state index in [1.807, 2.05) is 25.1 Å². The zero-order valence-electron chi connectivity index (χ0n) is 14.5. The Morgan fingerprint density at radius 3 is 2.16 bits per heavy atom. The van der Waals surface area contributed by atoms with E-state index in [1.54, 1.807) is 31.2 Å². The van der Waals surface area contributed by atoms with Crippen molar-refractivity contribution in [2.75, 3.05) is 22.1 Å². The first-order chi connectivity index (χ1) is 11.8. The fourth-order valence-electron chi connectivity index (χ4n) is 2.56. The second-order valence-corrected chi connectivity index (χ2v) is 5.64. The van der Waals surface area contributed by atoms with E-state index in [9.17, 15) is 14.4 Å². The van der Waals surface area contributed by atoms with Crippen LogP contribution in [0.25, 0.3) is 0 Å². The number of imide groups is 1. The summed E-state index contributed by atoms with van der Waals surface area (Å²) in [6, 6.07) is 13.6. The van der Waals surface area contributed by atoms with Crippen LogP contribution in [0.3, 0.4) is 0 Å². The van der Waals surface area contributed by atoms with Crippen LogP contribution in [0.2, 0.25) is 0 Å². The maximum atomic E-state index is 12.7. The van der Waals surface area contributed by atoms with Crippen LogP contribution in [0, 0.1) is 6.92 Å². The average molecular weight is 339 g/mol. The van der Waals surface area contributed by atoms with Gasteiger partial charge in [-0.15, -0.1) is 0 Å². The van der Waals surface area contributed by atoms with Crippen molar-refractivity contribution in [3.8, 4) is 0 Å². The summed E-state index contributed by atoms with van der Waals surface area (Å²) in [4.78, 5) is 39.7. The van der Waals surface area contributed by atoms with Crippen LogP contribution in [0.5, 0.6) is 0 Å². The van der Waals surface area contributed by atoms with Gasteiger partial charge in [0, 0.05) is 24.8 Å². The number of hydrogen-bond donors (Lipinski definition) is 1. The van der Waals surface area contributed by atoms with E-state index in [-0.39, 0.29) is 5.69 Å². The normalized spacial score (nSPS) is 10.2. The number of anilines is 3. The standard InChI is InChI=1S/C19H21N3O3/c1-4-21(16-9-5-7-13(2)11-16)18(24)19(25)22(14(3)23)17-10-6-8-15(20)12-17/h5-12H,4,20H2,1-3H3. The Morgan fingerprint density at radius 2 is 1.60 bits per heavy atom. The highest BCUT2D eigenvalue weighted by Gasteiger charge is 2.31. The highest BCUT2D eigenvalue weighted by atomic mass is 16.2. The number of hydrogen-bond acceptors (Lipinski definition) is 4. The molecule has 2 aromatic rings. The number of likely N-dealkylation sites (N-methyl/N-ethyl adjacent to an activating group) is 1. The third kappa shape index (κ3) is 4.03. The molecule has 0 aliphatic rings. The minimum atomic E-state index is -0.915. The van der Waals surface area contributed by atoms with Gasteiger partial charge in [-0.1, -0.05) is 18.2 Å². The number of amides is 3. The molecule has 0 aromatic heterocycles. The van der Waals surface area contributed by atoms with E-state index in [0.717, 1.165) is 10.5 Å². The molecule has 25 heavy (non-hydrogen) atoms. The van der Waals surface area contributed by atoms with E-state index in [0.29, 0.717) is 17.9 Å². The second kappa shape index (κ2) is 7.61. The number of nitrogens with zero attached hydrogens (tertiary/aromatic N) is 2. The smallest absolute Gasteiger partial charge is 0.323 e. The Kier molecular flexibility index (Phi) is 5.54. The lowest BCUT2D eigenvalue weighted by Gasteiger charge is -2.25. The summed E-state index contributed by atoms with van der Waals surface area (Å²) in [5, 5.41) is 0. The predicted octanol–water partition coefficient (Wildman–Crippen LogP) is 2.51. The molecule has 0 atom stereocenters. The van der Waals surface area contributed by atoms with Crippen LogP contribution < -0.4 is 15.5 Å². The van der Waals surface area contributed by atoms with Gasteiger partial charge in [-0.3, -0.25) is 14.4 Å². The van der Waals surface area contributed by atoms with Crippen molar-refractivity contribution in [1.82, 2.24) is 0 Å². The number of nitrogens with two attached hydrogens (primary N) is 1. The van der Waals surface area contributed by atoms with Crippen LogP contribution in [-0.4, -0.2) is 24.3 Å². The number of aryl methyl sites for hydroxylation is 1. The zero-order chi connectivity index (χ0) is 18.6. The van der Waals surface area contributed by atoms with E-state index in [2.05, 4.69) is 0 Å². The molecule has 0 bridgehead atoms. The fourth-order valence-corrected chi connectivity index (χ4v) is 2.56. The third-order valence-electron chi connectivity index (χ3n) is 3.70. The molecule has 2 aromatic carbocycles. The number of carbonyl (C=O) groups is 3. The average Bonchev–Trinajstić information content (AvgIpc) is 2.55. The van der Waals surface area contributed by atoms with Crippen molar-refractivity contribution in [2.45, 2.75) is 20.8 Å². The molecule has 130 valence electrons. The number of nitrogen functional groups attached to an aromatic ring is 1. The highest BCUT2D eigenvalue weighted by molar-refractivity contribution is 6.48. The quantitative estimate of drug-likeness (QED) is 0.688. The molecule has 6 nitrogen and oxygen atoms in total. The van der Waals surface area contributed by atoms with Crippen molar-refractivity contribution < 1.29 is 14.4 Å². The monoisotopic (exact) mass is 339 g/mol. The number of rotatable bonds is 3. The van der Waals surface area contributed by atoms with Gasteiger partial charge in [-0.2, -0.15) is 0 Å². The van der Waals surface area contributed by atoms with Crippen molar-refractivity contribution in [1.29, 1.82) is 0 Å². The molecular formula is C19H21N3O3. The van der Waals surface area contributed by atoms with Gasteiger partial charge in [0.05, 0.1) is 5.69 Å².